The van der Waals surface area contributed by atoms with Gasteiger partial charge >= 0.3 is 0 Å². The smallest absolute Gasteiger partial charge is 0.119 e. The molecule has 1 aromatic carbocycles. The first-order chi connectivity index (χ1) is 7.74. The van der Waals surface area contributed by atoms with Gasteiger partial charge in [0.1, 0.15) is 5.75 Å². The van der Waals surface area contributed by atoms with E-state index in [9.17, 15) is 0 Å². The molecule has 0 saturated heterocycles. The van der Waals surface area contributed by atoms with Crippen LogP contribution in [0.25, 0.3) is 6.08 Å². The monoisotopic (exact) mass is 213 g/mol. The zero-order valence-electron chi connectivity index (χ0n) is 9.66. The van der Waals surface area contributed by atoms with Crippen LogP contribution in [0.2, 0.25) is 0 Å². The Morgan fingerprint density at radius 3 is 3.00 bits per heavy atom. The van der Waals surface area contributed by atoms with Crippen LogP contribution < -0.4 is 4.74 Å². The molecule has 1 aliphatic heterocycles. The predicted molar refractivity (Wildman–Crippen MR) is 66.3 cm³/mol. The summed E-state index contributed by atoms with van der Waals surface area (Å²) in [6.45, 7) is 3.22. The van der Waals surface area contributed by atoms with Gasteiger partial charge in [0.2, 0.25) is 0 Å². The highest BCUT2D eigenvalue weighted by atomic mass is 16.5. The Balaban J connectivity index is 2.21. The topological polar surface area (TPSA) is 21.6 Å². The van der Waals surface area contributed by atoms with Crippen LogP contribution in [-0.4, -0.2) is 19.4 Å². The minimum atomic E-state index is 0.0959. The average molecular weight is 213 g/mol. The van der Waals surface area contributed by atoms with Crippen LogP contribution in [0.15, 0.2) is 29.3 Å². The Labute approximate surface area is 95.7 Å². The zero-order chi connectivity index (χ0) is 11.2. The molecule has 2 nitrogen and oxygen atoms in total. The lowest BCUT2D eigenvalue weighted by Gasteiger charge is -2.30. The lowest BCUT2D eigenvalue weighted by Crippen LogP contribution is -2.30. The van der Waals surface area contributed by atoms with E-state index in [1.54, 1.807) is 7.11 Å². The van der Waals surface area contributed by atoms with Gasteiger partial charge in [-0.2, -0.15) is 0 Å². The van der Waals surface area contributed by atoms with Gasteiger partial charge < -0.3 is 4.74 Å². The number of aliphatic imine (C=N–C) groups is 1. The normalized spacial score (nSPS) is 26.0. The third-order valence-corrected chi connectivity index (χ3v) is 3.73. The molecule has 2 heteroatoms. The Morgan fingerprint density at radius 1 is 1.31 bits per heavy atom. The summed E-state index contributed by atoms with van der Waals surface area (Å²) >= 11 is 0. The van der Waals surface area contributed by atoms with E-state index in [2.05, 4.69) is 36.2 Å². The van der Waals surface area contributed by atoms with E-state index < -0.39 is 0 Å². The highest BCUT2D eigenvalue weighted by molar-refractivity contribution is 6.09. The van der Waals surface area contributed by atoms with E-state index in [0.29, 0.717) is 0 Å². The molecule has 1 aliphatic carbocycles. The lowest BCUT2D eigenvalue weighted by molar-refractivity contribution is 0.413. The molecule has 0 spiro atoms. The van der Waals surface area contributed by atoms with Gasteiger partial charge in [-0.15, -0.1) is 0 Å². The van der Waals surface area contributed by atoms with Crippen molar-refractivity contribution in [3.8, 4) is 5.75 Å². The number of rotatable bonds is 1. The molecule has 0 radical (unpaired) electrons. The van der Waals surface area contributed by atoms with Crippen LogP contribution in [0.5, 0.6) is 5.75 Å². The average Bonchev–Trinajstić information content (AvgIpc) is 2.70. The maximum atomic E-state index is 5.31. The Morgan fingerprint density at radius 2 is 2.19 bits per heavy atom. The second-order valence-corrected chi connectivity index (χ2v) is 4.64. The highest BCUT2D eigenvalue weighted by Gasteiger charge is 2.38. The molecule has 16 heavy (non-hydrogen) atoms. The molecule has 0 amide bonds. The van der Waals surface area contributed by atoms with Crippen LogP contribution >= 0.6 is 0 Å². The van der Waals surface area contributed by atoms with E-state index in [-0.39, 0.29) is 5.41 Å². The fourth-order valence-corrected chi connectivity index (χ4v) is 2.67. The molecule has 0 fully saturated rings. The van der Waals surface area contributed by atoms with Crippen molar-refractivity contribution in [2.24, 2.45) is 4.99 Å². The Bertz CT molecular complexity index is 501. The summed E-state index contributed by atoms with van der Waals surface area (Å²) in [7, 11) is 1.71. The van der Waals surface area contributed by atoms with Crippen molar-refractivity contribution in [2.75, 3.05) is 13.7 Å². The first-order valence-corrected chi connectivity index (χ1v) is 5.65. The first kappa shape index (κ1) is 9.64. The number of nitrogens with zero attached hydrogens (tertiary/aromatic N) is 1. The van der Waals surface area contributed by atoms with Crippen molar-refractivity contribution in [1.82, 2.24) is 0 Å². The van der Waals surface area contributed by atoms with Gasteiger partial charge in [-0.25, -0.2) is 0 Å². The van der Waals surface area contributed by atoms with E-state index in [0.717, 1.165) is 18.7 Å². The van der Waals surface area contributed by atoms with Gasteiger partial charge in [0, 0.05) is 17.7 Å². The summed E-state index contributed by atoms with van der Waals surface area (Å²) < 4.78 is 5.31. The number of benzene rings is 1. The van der Waals surface area contributed by atoms with Crippen LogP contribution in [-0.2, 0) is 5.41 Å². The molecular weight excluding hydrogens is 198 g/mol. The number of fused-ring (bicyclic) bond motifs is 3. The minimum Gasteiger partial charge on any atom is -0.497 e. The standard InChI is InChI=1S/C14H15NO/c1-14-7-8-15-13(14)6-4-10-3-5-11(16-2)9-12(10)14/h3-6,9H,7-8H2,1-2H3/t14-/m1/s1. The van der Waals surface area contributed by atoms with Gasteiger partial charge in [0.15, 0.2) is 0 Å². The van der Waals surface area contributed by atoms with Crippen LogP contribution in [0, 0.1) is 0 Å². The van der Waals surface area contributed by atoms with Gasteiger partial charge in [-0.05, 0) is 42.7 Å². The number of ether oxygens (including phenoxy) is 1. The molecular formula is C14H15NO. The van der Waals surface area contributed by atoms with Crippen LogP contribution in [0.1, 0.15) is 24.5 Å². The van der Waals surface area contributed by atoms with Crippen molar-refractivity contribution in [2.45, 2.75) is 18.8 Å². The third kappa shape index (κ3) is 1.16. The van der Waals surface area contributed by atoms with Crippen molar-refractivity contribution in [1.29, 1.82) is 0 Å². The quantitative estimate of drug-likeness (QED) is 0.703. The summed E-state index contributed by atoms with van der Waals surface area (Å²) in [5.74, 6) is 0.932. The van der Waals surface area contributed by atoms with E-state index in [1.807, 2.05) is 6.07 Å². The largest absolute Gasteiger partial charge is 0.497 e. The summed E-state index contributed by atoms with van der Waals surface area (Å²) in [5.41, 5.74) is 3.96. The Kier molecular flexibility index (Phi) is 1.93. The van der Waals surface area contributed by atoms with Gasteiger partial charge in [0.25, 0.3) is 0 Å². The molecule has 1 heterocycles. The van der Waals surface area contributed by atoms with Crippen LogP contribution in [0.3, 0.4) is 0 Å². The molecule has 82 valence electrons. The van der Waals surface area contributed by atoms with Crippen molar-refractivity contribution < 1.29 is 4.74 Å². The summed E-state index contributed by atoms with van der Waals surface area (Å²) in [6, 6.07) is 6.30. The first-order valence-electron chi connectivity index (χ1n) is 5.65. The zero-order valence-corrected chi connectivity index (χ0v) is 9.66. The van der Waals surface area contributed by atoms with Crippen molar-refractivity contribution in [3.05, 3.63) is 35.4 Å². The SMILES string of the molecule is COc1ccc2c(c1)[C@@]1(C)CCN=C1C=C2. The molecule has 2 aliphatic rings. The van der Waals surface area contributed by atoms with Gasteiger partial charge in [-0.3, -0.25) is 4.99 Å². The molecule has 1 aromatic rings. The van der Waals surface area contributed by atoms with E-state index >= 15 is 0 Å². The minimum absolute atomic E-state index is 0.0959. The lowest BCUT2D eigenvalue weighted by atomic mass is 9.72. The summed E-state index contributed by atoms with van der Waals surface area (Å²) in [5, 5.41) is 0. The summed E-state index contributed by atoms with van der Waals surface area (Å²) in [4.78, 5) is 4.57. The fourth-order valence-electron chi connectivity index (χ4n) is 2.67. The van der Waals surface area contributed by atoms with E-state index in [1.165, 1.54) is 16.8 Å². The van der Waals surface area contributed by atoms with Crippen molar-refractivity contribution >= 4 is 11.8 Å². The summed E-state index contributed by atoms with van der Waals surface area (Å²) in [6.07, 6.45) is 5.41. The third-order valence-electron chi connectivity index (χ3n) is 3.73. The van der Waals surface area contributed by atoms with Crippen LogP contribution in [0.4, 0.5) is 0 Å². The Hall–Kier alpha value is -1.57. The van der Waals surface area contributed by atoms with E-state index in [4.69, 9.17) is 4.74 Å². The number of hydrogen-bond donors (Lipinski definition) is 0. The predicted octanol–water partition coefficient (Wildman–Crippen LogP) is 2.82. The van der Waals surface area contributed by atoms with Crippen molar-refractivity contribution in [3.63, 3.8) is 0 Å². The number of allylic oxidation sites excluding steroid dienone is 1. The molecule has 1 atom stereocenters. The number of hydrogen-bond acceptors (Lipinski definition) is 2. The maximum Gasteiger partial charge on any atom is 0.119 e. The molecule has 3 rings (SSSR count). The fraction of sp³-hybridized carbons (Fsp3) is 0.357. The highest BCUT2D eigenvalue weighted by Crippen LogP contribution is 2.41. The van der Waals surface area contributed by atoms with Gasteiger partial charge in [-0.1, -0.05) is 12.1 Å². The molecule has 0 unspecified atom stereocenters. The molecule has 0 aromatic heterocycles. The molecule has 0 N–H and O–H groups in total. The van der Waals surface area contributed by atoms with Gasteiger partial charge in [0.05, 0.1) is 7.11 Å². The number of methoxy groups -OCH3 is 1. The maximum absolute atomic E-state index is 5.31. The second-order valence-electron chi connectivity index (χ2n) is 4.64. The molecule has 0 bridgehead atoms. The second kappa shape index (κ2) is 3.21. The molecule has 0 saturated carbocycles.